The monoisotopic (exact) mass is 378 g/mol. The number of hydrogen-bond donors (Lipinski definition) is 1. The molecule has 0 heterocycles. The van der Waals surface area contributed by atoms with E-state index in [0.717, 1.165) is 24.3 Å². The fourth-order valence-electron chi connectivity index (χ4n) is 1.84. The van der Waals surface area contributed by atoms with E-state index in [1.54, 1.807) is 0 Å². The molecule has 0 saturated carbocycles. The third-order valence-electron chi connectivity index (χ3n) is 2.94. The average Bonchev–Trinajstić information content (AvgIpc) is 2.47. The zero-order valence-electron chi connectivity index (χ0n) is 11.5. The SMILES string of the molecule is O=C(Nc1cc(C(F)(F)F)ccc1Cl)c1cc(Cl)ccc1[N+](=O)[O-]. The maximum atomic E-state index is 12.7. The van der Waals surface area contributed by atoms with E-state index in [1.165, 1.54) is 6.07 Å². The second-order valence-corrected chi connectivity index (χ2v) is 5.41. The van der Waals surface area contributed by atoms with Crippen molar-refractivity contribution < 1.29 is 22.9 Å². The number of carbonyl (C=O) groups is 1. The lowest BCUT2D eigenvalue weighted by Gasteiger charge is -2.12. The van der Waals surface area contributed by atoms with Gasteiger partial charge in [-0.15, -0.1) is 0 Å². The topological polar surface area (TPSA) is 72.2 Å². The second kappa shape index (κ2) is 6.66. The molecule has 1 amide bonds. The summed E-state index contributed by atoms with van der Waals surface area (Å²) >= 11 is 11.5. The molecule has 10 heteroatoms. The number of anilines is 1. The minimum absolute atomic E-state index is 0.0564. The quantitative estimate of drug-likeness (QED) is 0.591. The maximum absolute atomic E-state index is 12.7. The van der Waals surface area contributed by atoms with Crippen molar-refractivity contribution >= 4 is 40.5 Å². The summed E-state index contributed by atoms with van der Waals surface area (Å²) in [5, 5.41) is 13.0. The smallest absolute Gasteiger partial charge is 0.320 e. The molecule has 126 valence electrons. The summed E-state index contributed by atoms with van der Waals surface area (Å²) in [5.74, 6) is -1.01. The number of nitro groups is 1. The normalized spacial score (nSPS) is 11.2. The van der Waals surface area contributed by atoms with Crippen LogP contribution in [0.15, 0.2) is 36.4 Å². The van der Waals surface area contributed by atoms with Crippen LogP contribution < -0.4 is 5.32 Å². The van der Waals surface area contributed by atoms with Gasteiger partial charge in [0.05, 0.1) is 21.2 Å². The molecule has 0 aromatic heterocycles. The minimum Gasteiger partial charge on any atom is -0.320 e. The minimum atomic E-state index is -4.63. The zero-order chi connectivity index (χ0) is 18.1. The Kier molecular flexibility index (Phi) is 5.00. The largest absolute Gasteiger partial charge is 0.416 e. The van der Waals surface area contributed by atoms with Gasteiger partial charge in [-0.2, -0.15) is 13.2 Å². The van der Waals surface area contributed by atoms with Gasteiger partial charge in [-0.25, -0.2) is 0 Å². The number of carbonyl (C=O) groups excluding carboxylic acids is 1. The van der Waals surface area contributed by atoms with Crippen LogP contribution in [0.1, 0.15) is 15.9 Å². The van der Waals surface area contributed by atoms with Crippen molar-refractivity contribution in [2.24, 2.45) is 0 Å². The molecule has 0 spiro atoms. The van der Waals surface area contributed by atoms with Crippen molar-refractivity contribution in [3.05, 3.63) is 67.7 Å². The average molecular weight is 379 g/mol. The fraction of sp³-hybridized carbons (Fsp3) is 0.0714. The molecule has 0 aliphatic rings. The highest BCUT2D eigenvalue weighted by Crippen LogP contribution is 2.34. The Bertz CT molecular complexity index is 825. The van der Waals surface area contributed by atoms with Crippen LogP contribution in [0.3, 0.4) is 0 Å². The van der Waals surface area contributed by atoms with Crippen molar-refractivity contribution in [2.45, 2.75) is 6.18 Å². The van der Waals surface area contributed by atoms with Crippen LogP contribution in [-0.4, -0.2) is 10.8 Å². The number of nitro benzene ring substituents is 1. The number of amides is 1. The van der Waals surface area contributed by atoms with Crippen LogP contribution in [0.2, 0.25) is 10.0 Å². The highest BCUT2D eigenvalue weighted by molar-refractivity contribution is 6.34. The first-order valence-electron chi connectivity index (χ1n) is 6.21. The van der Waals surface area contributed by atoms with Crippen LogP contribution >= 0.6 is 23.2 Å². The summed E-state index contributed by atoms with van der Waals surface area (Å²) in [4.78, 5) is 22.3. The van der Waals surface area contributed by atoms with Gasteiger partial charge in [-0.1, -0.05) is 23.2 Å². The molecule has 2 aromatic carbocycles. The molecule has 0 fully saturated rings. The molecule has 0 atom stereocenters. The predicted molar refractivity (Wildman–Crippen MR) is 82.5 cm³/mol. The van der Waals surface area contributed by atoms with Crippen LogP contribution in [0.25, 0.3) is 0 Å². The van der Waals surface area contributed by atoms with Crippen LogP contribution in [-0.2, 0) is 6.18 Å². The molecular weight excluding hydrogens is 372 g/mol. The van der Waals surface area contributed by atoms with E-state index < -0.39 is 33.8 Å². The van der Waals surface area contributed by atoms with Gasteiger partial charge in [0.25, 0.3) is 11.6 Å². The van der Waals surface area contributed by atoms with Gasteiger partial charge in [0.2, 0.25) is 0 Å². The molecule has 0 saturated heterocycles. The van der Waals surface area contributed by atoms with E-state index in [9.17, 15) is 28.1 Å². The Morgan fingerprint density at radius 1 is 1.12 bits per heavy atom. The first-order chi connectivity index (χ1) is 11.1. The fourth-order valence-corrected chi connectivity index (χ4v) is 2.17. The lowest BCUT2D eigenvalue weighted by molar-refractivity contribution is -0.385. The number of hydrogen-bond acceptors (Lipinski definition) is 3. The van der Waals surface area contributed by atoms with Gasteiger partial charge in [0, 0.05) is 11.1 Å². The molecule has 0 radical (unpaired) electrons. The van der Waals surface area contributed by atoms with Gasteiger partial charge in [0.1, 0.15) is 5.56 Å². The Morgan fingerprint density at radius 3 is 2.38 bits per heavy atom. The van der Waals surface area contributed by atoms with Gasteiger partial charge >= 0.3 is 6.18 Å². The summed E-state index contributed by atoms with van der Waals surface area (Å²) in [6, 6.07) is 5.62. The van der Waals surface area contributed by atoms with E-state index in [1.807, 2.05) is 0 Å². The van der Waals surface area contributed by atoms with Gasteiger partial charge < -0.3 is 5.32 Å². The Hall–Kier alpha value is -2.32. The molecule has 0 bridgehead atoms. The number of nitrogens with zero attached hydrogens (tertiary/aromatic N) is 1. The third kappa shape index (κ3) is 3.95. The molecule has 0 aliphatic heterocycles. The van der Waals surface area contributed by atoms with Gasteiger partial charge in [0.15, 0.2) is 0 Å². The molecule has 5 nitrogen and oxygen atoms in total. The summed E-state index contributed by atoms with van der Waals surface area (Å²) in [7, 11) is 0. The van der Waals surface area contributed by atoms with Crippen LogP contribution in [0, 0.1) is 10.1 Å². The van der Waals surface area contributed by atoms with Crippen molar-refractivity contribution in [3.8, 4) is 0 Å². The molecule has 2 aromatic rings. The van der Waals surface area contributed by atoms with E-state index in [2.05, 4.69) is 5.32 Å². The highest BCUT2D eigenvalue weighted by Gasteiger charge is 2.31. The lowest BCUT2D eigenvalue weighted by atomic mass is 10.1. The van der Waals surface area contributed by atoms with E-state index in [4.69, 9.17) is 23.2 Å². The zero-order valence-corrected chi connectivity index (χ0v) is 13.0. The first-order valence-corrected chi connectivity index (χ1v) is 6.97. The van der Waals surface area contributed by atoms with Gasteiger partial charge in [-0.05, 0) is 30.3 Å². The Morgan fingerprint density at radius 2 is 1.79 bits per heavy atom. The van der Waals surface area contributed by atoms with Crippen molar-refractivity contribution in [1.29, 1.82) is 0 Å². The van der Waals surface area contributed by atoms with Crippen molar-refractivity contribution in [1.82, 2.24) is 0 Å². The standard InChI is InChI=1S/C14H7Cl2F3N2O3/c15-8-2-4-12(21(23)24)9(6-8)13(22)20-11-5-7(14(17,18)19)1-3-10(11)16/h1-6H,(H,20,22). The van der Waals surface area contributed by atoms with Crippen molar-refractivity contribution in [2.75, 3.05) is 5.32 Å². The molecule has 2 rings (SSSR count). The first kappa shape index (κ1) is 18.0. The summed E-state index contributed by atoms with van der Waals surface area (Å²) in [5.41, 5.74) is -2.30. The number of nitrogens with one attached hydrogen (secondary N) is 1. The number of halogens is 5. The van der Waals surface area contributed by atoms with E-state index in [-0.39, 0.29) is 15.7 Å². The Labute approximate surface area is 143 Å². The molecule has 1 N–H and O–H groups in total. The maximum Gasteiger partial charge on any atom is 0.416 e. The molecule has 0 aliphatic carbocycles. The predicted octanol–water partition coefficient (Wildman–Crippen LogP) is 5.17. The summed E-state index contributed by atoms with van der Waals surface area (Å²) < 4.78 is 38.2. The van der Waals surface area contributed by atoms with E-state index in [0.29, 0.717) is 6.07 Å². The number of benzene rings is 2. The molecule has 0 unspecified atom stereocenters. The van der Waals surface area contributed by atoms with Crippen LogP contribution in [0.4, 0.5) is 24.5 Å². The highest BCUT2D eigenvalue weighted by atomic mass is 35.5. The Balaban J connectivity index is 2.41. The number of alkyl halides is 3. The summed E-state index contributed by atoms with van der Waals surface area (Å²) in [6.45, 7) is 0. The third-order valence-corrected chi connectivity index (χ3v) is 3.51. The lowest BCUT2D eigenvalue weighted by Crippen LogP contribution is -2.15. The second-order valence-electron chi connectivity index (χ2n) is 4.57. The van der Waals surface area contributed by atoms with Crippen LogP contribution in [0.5, 0.6) is 0 Å². The summed E-state index contributed by atoms with van der Waals surface area (Å²) in [6.07, 6.45) is -4.63. The van der Waals surface area contributed by atoms with E-state index >= 15 is 0 Å². The molecule has 24 heavy (non-hydrogen) atoms. The van der Waals surface area contributed by atoms with Gasteiger partial charge in [-0.3, -0.25) is 14.9 Å². The van der Waals surface area contributed by atoms with Crippen molar-refractivity contribution in [3.63, 3.8) is 0 Å². The number of rotatable bonds is 3. The molecular formula is C14H7Cl2F3N2O3.